The molecular formula is C20H28N4O4S. The normalized spacial score (nSPS) is 16.3. The number of carbonyl (C=O) groups is 1. The Labute approximate surface area is 172 Å². The van der Waals surface area contributed by atoms with Crippen LogP contribution in [0.1, 0.15) is 35.9 Å². The van der Waals surface area contributed by atoms with Crippen molar-refractivity contribution in [2.24, 2.45) is 0 Å². The predicted octanol–water partition coefficient (Wildman–Crippen LogP) is 1.80. The van der Waals surface area contributed by atoms with Crippen molar-refractivity contribution in [2.45, 2.75) is 31.2 Å². The maximum Gasteiger partial charge on any atom is 0.337 e. The van der Waals surface area contributed by atoms with Crippen molar-refractivity contribution in [1.82, 2.24) is 18.8 Å². The lowest BCUT2D eigenvalue weighted by Crippen LogP contribution is -2.49. The largest absolute Gasteiger partial charge is 0.465 e. The van der Waals surface area contributed by atoms with E-state index in [1.807, 2.05) is 12.4 Å². The summed E-state index contributed by atoms with van der Waals surface area (Å²) in [7, 11) is -2.28. The third-order valence-corrected chi connectivity index (χ3v) is 7.08. The van der Waals surface area contributed by atoms with Crippen LogP contribution in [0.2, 0.25) is 0 Å². The van der Waals surface area contributed by atoms with Crippen LogP contribution in [0.15, 0.2) is 41.6 Å². The first kappa shape index (κ1) is 21.5. The average molecular weight is 421 g/mol. The minimum atomic E-state index is -3.57. The van der Waals surface area contributed by atoms with Crippen LogP contribution in [0.5, 0.6) is 0 Å². The Morgan fingerprint density at radius 2 is 1.76 bits per heavy atom. The number of methoxy groups -OCH3 is 1. The molecule has 1 aromatic carbocycles. The van der Waals surface area contributed by atoms with E-state index < -0.39 is 16.0 Å². The van der Waals surface area contributed by atoms with E-state index in [0.717, 1.165) is 18.9 Å². The molecule has 9 heteroatoms. The van der Waals surface area contributed by atoms with Crippen molar-refractivity contribution in [3.63, 3.8) is 0 Å². The number of nitrogens with zero attached hydrogens (tertiary/aromatic N) is 4. The molecule has 1 aliphatic rings. The summed E-state index contributed by atoms with van der Waals surface area (Å²) in [4.78, 5) is 18.4. The second-order valence-corrected chi connectivity index (χ2v) is 9.33. The number of benzene rings is 1. The highest BCUT2D eigenvalue weighted by molar-refractivity contribution is 7.89. The highest BCUT2D eigenvalue weighted by atomic mass is 32.2. The first-order valence-electron chi connectivity index (χ1n) is 9.75. The summed E-state index contributed by atoms with van der Waals surface area (Å²) >= 11 is 0. The molecule has 1 aliphatic heterocycles. The van der Waals surface area contributed by atoms with Gasteiger partial charge < -0.3 is 9.30 Å². The lowest BCUT2D eigenvalue weighted by Gasteiger charge is -2.34. The standard InChI is InChI=1S/C20H28N4O4S/c1-16(2)19-21-8-9-23(19)13-10-22-11-14-24(15-12-22)29(26,27)18-6-4-17(5-7-18)20(25)28-3/h4-9,16H,10-15H2,1-3H3. The Morgan fingerprint density at radius 1 is 1.10 bits per heavy atom. The molecule has 2 heterocycles. The molecule has 0 spiro atoms. The molecule has 29 heavy (non-hydrogen) atoms. The molecule has 0 bridgehead atoms. The minimum Gasteiger partial charge on any atom is -0.465 e. The first-order valence-corrected chi connectivity index (χ1v) is 11.2. The molecule has 1 fully saturated rings. The summed E-state index contributed by atoms with van der Waals surface area (Å²) in [6, 6.07) is 5.87. The molecule has 0 unspecified atom stereocenters. The third-order valence-electron chi connectivity index (χ3n) is 5.17. The van der Waals surface area contributed by atoms with Crippen molar-refractivity contribution in [3.8, 4) is 0 Å². The molecule has 0 atom stereocenters. The Bertz CT molecular complexity index is 930. The summed E-state index contributed by atoms with van der Waals surface area (Å²) in [5, 5.41) is 0. The topological polar surface area (TPSA) is 84.7 Å². The number of hydrogen-bond donors (Lipinski definition) is 0. The van der Waals surface area contributed by atoms with Gasteiger partial charge in [-0.15, -0.1) is 0 Å². The van der Waals surface area contributed by atoms with Crippen LogP contribution in [-0.2, 0) is 21.3 Å². The Morgan fingerprint density at radius 3 is 2.34 bits per heavy atom. The monoisotopic (exact) mass is 420 g/mol. The van der Waals surface area contributed by atoms with Crippen molar-refractivity contribution in [3.05, 3.63) is 48.0 Å². The van der Waals surface area contributed by atoms with E-state index in [-0.39, 0.29) is 4.90 Å². The number of aromatic nitrogens is 2. The molecule has 158 valence electrons. The van der Waals surface area contributed by atoms with Gasteiger partial charge in [-0.25, -0.2) is 18.2 Å². The van der Waals surface area contributed by atoms with Gasteiger partial charge in [-0.05, 0) is 24.3 Å². The van der Waals surface area contributed by atoms with Gasteiger partial charge in [0.25, 0.3) is 0 Å². The van der Waals surface area contributed by atoms with E-state index in [9.17, 15) is 13.2 Å². The van der Waals surface area contributed by atoms with E-state index in [1.165, 1.54) is 35.7 Å². The zero-order valence-electron chi connectivity index (χ0n) is 17.1. The van der Waals surface area contributed by atoms with E-state index in [0.29, 0.717) is 37.7 Å². The number of carbonyl (C=O) groups excluding carboxylic acids is 1. The number of piperazine rings is 1. The van der Waals surface area contributed by atoms with Crippen LogP contribution >= 0.6 is 0 Å². The van der Waals surface area contributed by atoms with Crippen LogP contribution < -0.4 is 0 Å². The Balaban J connectivity index is 1.56. The molecular weight excluding hydrogens is 392 g/mol. The van der Waals surface area contributed by atoms with E-state index >= 15 is 0 Å². The van der Waals surface area contributed by atoms with E-state index in [1.54, 1.807) is 0 Å². The fourth-order valence-corrected chi connectivity index (χ4v) is 4.91. The number of ether oxygens (including phenoxy) is 1. The van der Waals surface area contributed by atoms with Gasteiger partial charge in [0.2, 0.25) is 10.0 Å². The number of esters is 1. The Kier molecular flexibility index (Phi) is 6.71. The second-order valence-electron chi connectivity index (χ2n) is 7.40. The van der Waals surface area contributed by atoms with Crippen molar-refractivity contribution >= 4 is 16.0 Å². The molecule has 1 saturated heterocycles. The number of rotatable bonds is 7. The predicted molar refractivity (Wildman–Crippen MR) is 109 cm³/mol. The molecule has 0 N–H and O–H groups in total. The van der Waals surface area contributed by atoms with Gasteiger partial charge in [0.15, 0.2) is 0 Å². The molecule has 8 nitrogen and oxygen atoms in total. The van der Waals surface area contributed by atoms with Gasteiger partial charge in [0, 0.05) is 57.6 Å². The SMILES string of the molecule is COC(=O)c1ccc(S(=O)(=O)N2CCN(CCn3ccnc3C(C)C)CC2)cc1. The maximum atomic E-state index is 12.9. The average Bonchev–Trinajstić information content (AvgIpc) is 3.21. The van der Waals surface area contributed by atoms with Crippen molar-refractivity contribution in [2.75, 3.05) is 39.8 Å². The van der Waals surface area contributed by atoms with Crippen molar-refractivity contribution < 1.29 is 17.9 Å². The van der Waals surface area contributed by atoms with Crippen LogP contribution in [0.4, 0.5) is 0 Å². The van der Waals surface area contributed by atoms with Crippen LogP contribution in [0.3, 0.4) is 0 Å². The summed E-state index contributed by atoms with van der Waals surface area (Å²) < 4.78 is 34.1. The fourth-order valence-electron chi connectivity index (χ4n) is 3.48. The fraction of sp³-hybridized carbons (Fsp3) is 0.500. The van der Waals surface area contributed by atoms with Gasteiger partial charge in [-0.2, -0.15) is 4.31 Å². The van der Waals surface area contributed by atoms with Crippen LogP contribution in [0.25, 0.3) is 0 Å². The minimum absolute atomic E-state index is 0.193. The first-order chi connectivity index (χ1) is 13.8. The zero-order valence-corrected chi connectivity index (χ0v) is 17.9. The lowest BCUT2D eigenvalue weighted by atomic mass is 10.2. The quantitative estimate of drug-likeness (QED) is 0.635. The lowest BCUT2D eigenvalue weighted by molar-refractivity contribution is 0.0600. The van der Waals surface area contributed by atoms with Gasteiger partial charge >= 0.3 is 5.97 Å². The van der Waals surface area contributed by atoms with Crippen molar-refractivity contribution in [1.29, 1.82) is 0 Å². The maximum absolute atomic E-state index is 12.9. The summed E-state index contributed by atoms with van der Waals surface area (Å²) in [5.74, 6) is 0.959. The van der Waals surface area contributed by atoms with Crippen LogP contribution in [0, 0.1) is 0 Å². The second kappa shape index (κ2) is 9.06. The zero-order chi connectivity index (χ0) is 21.0. The van der Waals surface area contributed by atoms with Crippen LogP contribution in [-0.4, -0.2) is 73.0 Å². The highest BCUT2D eigenvalue weighted by Gasteiger charge is 2.28. The van der Waals surface area contributed by atoms with Gasteiger partial charge in [-0.1, -0.05) is 13.8 Å². The van der Waals surface area contributed by atoms with E-state index in [4.69, 9.17) is 0 Å². The van der Waals surface area contributed by atoms with Gasteiger partial charge in [0.1, 0.15) is 5.82 Å². The van der Waals surface area contributed by atoms with Gasteiger partial charge in [0.05, 0.1) is 17.6 Å². The number of imidazole rings is 1. The summed E-state index contributed by atoms with van der Waals surface area (Å²) in [6.45, 7) is 8.22. The highest BCUT2D eigenvalue weighted by Crippen LogP contribution is 2.19. The smallest absolute Gasteiger partial charge is 0.337 e. The molecule has 0 aliphatic carbocycles. The number of hydrogen-bond acceptors (Lipinski definition) is 6. The number of sulfonamides is 1. The molecule has 0 radical (unpaired) electrons. The molecule has 3 rings (SSSR count). The molecule has 0 amide bonds. The summed E-state index contributed by atoms with van der Waals surface area (Å²) in [6.07, 6.45) is 3.82. The third kappa shape index (κ3) is 4.85. The molecule has 1 aromatic heterocycles. The molecule has 0 saturated carbocycles. The van der Waals surface area contributed by atoms with E-state index in [2.05, 4.69) is 33.0 Å². The molecule has 2 aromatic rings. The Hall–Kier alpha value is -2.23. The summed E-state index contributed by atoms with van der Waals surface area (Å²) in [5.41, 5.74) is 0.330. The van der Waals surface area contributed by atoms with Gasteiger partial charge in [-0.3, -0.25) is 4.90 Å².